The van der Waals surface area contributed by atoms with Crippen molar-refractivity contribution < 1.29 is 0 Å². The number of hydrogen-bond donors (Lipinski definition) is 1. The van der Waals surface area contributed by atoms with Crippen LogP contribution in [0.5, 0.6) is 0 Å². The van der Waals surface area contributed by atoms with Crippen molar-refractivity contribution in [2.75, 3.05) is 0 Å². The molecule has 0 aliphatic heterocycles. The van der Waals surface area contributed by atoms with E-state index in [4.69, 9.17) is 10.7 Å². The van der Waals surface area contributed by atoms with Crippen LogP contribution in [0.4, 0.5) is 0 Å². The average molecular weight is 274 g/mol. The molecule has 1 aromatic carbocycles. The summed E-state index contributed by atoms with van der Waals surface area (Å²) in [6.45, 7) is 4.41. The van der Waals surface area contributed by atoms with Gasteiger partial charge in [0.2, 0.25) is 0 Å². The Morgan fingerprint density at radius 2 is 2.11 bits per heavy atom. The first kappa shape index (κ1) is 13.1. The van der Waals surface area contributed by atoms with Crippen LogP contribution in [-0.4, -0.2) is 4.98 Å². The number of nitrogens with zero attached hydrogens (tertiary/aromatic N) is 1. The summed E-state index contributed by atoms with van der Waals surface area (Å²) in [5.41, 5.74) is 8.87. The van der Waals surface area contributed by atoms with E-state index < -0.39 is 0 Å². The minimum Gasteiger partial charge on any atom is -0.319 e. The number of aryl methyl sites for hydroxylation is 1. The number of hydrogen-bond acceptors (Lipinski definition) is 3. The Balaban J connectivity index is 1.91. The third-order valence-electron chi connectivity index (χ3n) is 4.54. The van der Waals surface area contributed by atoms with Gasteiger partial charge in [-0.15, -0.1) is 11.3 Å². The molecule has 19 heavy (non-hydrogen) atoms. The van der Waals surface area contributed by atoms with Crippen molar-refractivity contribution in [3.63, 3.8) is 0 Å². The molecule has 0 spiro atoms. The number of thiazole rings is 1. The van der Waals surface area contributed by atoms with Crippen LogP contribution in [0.2, 0.25) is 0 Å². The van der Waals surface area contributed by atoms with Crippen molar-refractivity contribution in [3.05, 3.63) is 28.8 Å². The Labute approximate surface area is 119 Å². The van der Waals surface area contributed by atoms with E-state index >= 15 is 0 Å². The molecule has 0 bridgehead atoms. The maximum Gasteiger partial charge on any atom is 0.114 e. The maximum absolute atomic E-state index is 6.65. The van der Waals surface area contributed by atoms with E-state index in [9.17, 15) is 0 Å². The minimum absolute atomic E-state index is 0.177. The molecular weight excluding hydrogens is 252 g/mol. The van der Waals surface area contributed by atoms with Gasteiger partial charge < -0.3 is 5.73 Å². The smallest absolute Gasteiger partial charge is 0.114 e. The van der Waals surface area contributed by atoms with Gasteiger partial charge >= 0.3 is 0 Å². The van der Waals surface area contributed by atoms with Gasteiger partial charge in [0.1, 0.15) is 5.01 Å². The number of benzene rings is 1. The summed E-state index contributed by atoms with van der Waals surface area (Å²) in [5, 5.41) is 1.14. The Morgan fingerprint density at radius 1 is 1.37 bits per heavy atom. The molecule has 1 fully saturated rings. The molecule has 3 rings (SSSR count). The van der Waals surface area contributed by atoms with Crippen molar-refractivity contribution in [2.45, 2.75) is 51.5 Å². The molecule has 1 aliphatic carbocycles. The third kappa shape index (κ3) is 2.41. The molecule has 2 N–H and O–H groups in total. The molecule has 0 saturated heterocycles. The summed E-state index contributed by atoms with van der Waals surface area (Å²) in [5.74, 6) is 0.869. The molecule has 0 amide bonds. The molecular formula is C16H22N2S. The summed E-state index contributed by atoms with van der Waals surface area (Å²) in [7, 11) is 0. The van der Waals surface area contributed by atoms with E-state index in [1.807, 2.05) is 0 Å². The Kier molecular flexibility index (Phi) is 3.35. The normalized spacial score (nSPS) is 27.8. The van der Waals surface area contributed by atoms with Crippen molar-refractivity contribution in [1.82, 2.24) is 4.98 Å². The van der Waals surface area contributed by atoms with Gasteiger partial charge in [0.15, 0.2) is 0 Å². The predicted molar refractivity (Wildman–Crippen MR) is 82.5 cm³/mol. The Morgan fingerprint density at radius 3 is 2.79 bits per heavy atom. The van der Waals surface area contributed by atoms with E-state index in [1.165, 1.54) is 29.5 Å². The first-order chi connectivity index (χ1) is 9.10. The van der Waals surface area contributed by atoms with Crippen LogP contribution in [-0.2, 0) is 5.54 Å². The number of nitrogens with two attached hydrogens (primary N) is 1. The zero-order valence-corrected chi connectivity index (χ0v) is 12.6. The maximum atomic E-state index is 6.65. The van der Waals surface area contributed by atoms with E-state index in [-0.39, 0.29) is 5.54 Å². The Hall–Kier alpha value is -0.930. The monoisotopic (exact) mass is 274 g/mol. The van der Waals surface area contributed by atoms with E-state index in [0.29, 0.717) is 0 Å². The SMILES string of the molecule is CCC1CCC(N)(c2nc3ccc(C)cc3s2)CC1. The van der Waals surface area contributed by atoms with Crippen molar-refractivity contribution in [3.8, 4) is 0 Å². The molecule has 102 valence electrons. The van der Waals surface area contributed by atoms with E-state index in [0.717, 1.165) is 29.3 Å². The zero-order chi connectivity index (χ0) is 13.5. The molecule has 2 aromatic rings. The molecule has 1 saturated carbocycles. The van der Waals surface area contributed by atoms with Crippen molar-refractivity contribution in [1.29, 1.82) is 0 Å². The first-order valence-electron chi connectivity index (χ1n) is 7.27. The lowest BCUT2D eigenvalue weighted by Gasteiger charge is -2.35. The highest BCUT2D eigenvalue weighted by Crippen LogP contribution is 2.41. The van der Waals surface area contributed by atoms with Gasteiger partial charge in [0.25, 0.3) is 0 Å². The van der Waals surface area contributed by atoms with Crippen LogP contribution in [0.25, 0.3) is 10.2 Å². The predicted octanol–water partition coefficient (Wildman–Crippen LogP) is 4.36. The standard InChI is InChI=1S/C16H22N2S/c1-3-12-6-8-16(17,9-7-12)15-18-13-5-4-11(2)10-14(13)19-15/h4-5,10,12H,3,6-9,17H2,1-2H3. The second kappa shape index (κ2) is 4.88. The summed E-state index contributed by atoms with van der Waals surface area (Å²) in [4.78, 5) is 4.79. The van der Waals surface area contributed by atoms with Crippen LogP contribution >= 0.6 is 11.3 Å². The molecule has 1 heterocycles. The molecule has 0 atom stereocenters. The fourth-order valence-electron chi connectivity index (χ4n) is 3.06. The van der Waals surface area contributed by atoms with Crippen LogP contribution in [0, 0.1) is 12.8 Å². The van der Waals surface area contributed by atoms with Gasteiger partial charge in [-0.1, -0.05) is 19.4 Å². The second-order valence-electron chi connectivity index (χ2n) is 6.00. The van der Waals surface area contributed by atoms with Crippen LogP contribution in [0.3, 0.4) is 0 Å². The lowest BCUT2D eigenvalue weighted by Crippen LogP contribution is -2.40. The topological polar surface area (TPSA) is 38.9 Å². The van der Waals surface area contributed by atoms with Crippen molar-refractivity contribution in [2.24, 2.45) is 11.7 Å². The fraction of sp³-hybridized carbons (Fsp3) is 0.562. The average Bonchev–Trinajstić information content (AvgIpc) is 2.83. The van der Waals surface area contributed by atoms with Crippen LogP contribution in [0.1, 0.15) is 49.6 Å². The van der Waals surface area contributed by atoms with Crippen molar-refractivity contribution >= 4 is 21.6 Å². The highest BCUT2D eigenvalue weighted by Gasteiger charge is 2.35. The summed E-state index contributed by atoms with van der Waals surface area (Å²) >= 11 is 1.79. The van der Waals surface area contributed by atoms with Gasteiger partial charge in [0, 0.05) is 0 Å². The summed E-state index contributed by atoms with van der Waals surface area (Å²) in [6, 6.07) is 6.46. The van der Waals surface area contributed by atoms with Crippen LogP contribution < -0.4 is 5.73 Å². The molecule has 0 radical (unpaired) electrons. The van der Waals surface area contributed by atoms with Gasteiger partial charge in [-0.3, -0.25) is 0 Å². The van der Waals surface area contributed by atoms with Gasteiger partial charge in [-0.05, 0) is 56.2 Å². The van der Waals surface area contributed by atoms with Gasteiger partial charge in [0.05, 0.1) is 15.8 Å². The molecule has 1 aromatic heterocycles. The fourth-order valence-corrected chi connectivity index (χ4v) is 4.28. The van der Waals surface area contributed by atoms with E-state index in [1.54, 1.807) is 11.3 Å². The first-order valence-corrected chi connectivity index (χ1v) is 8.09. The third-order valence-corrected chi connectivity index (χ3v) is 5.78. The highest BCUT2D eigenvalue weighted by atomic mass is 32.1. The quantitative estimate of drug-likeness (QED) is 0.883. The van der Waals surface area contributed by atoms with Gasteiger partial charge in [-0.2, -0.15) is 0 Å². The zero-order valence-electron chi connectivity index (χ0n) is 11.8. The summed E-state index contributed by atoms with van der Waals surface area (Å²) < 4.78 is 1.28. The second-order valence-corrected chi connectivity index (χ2v) is 7.03. The number of fused-ring (bicyclic) bond motifs is 1. The number of aromatic nitrogens is 1. The molecule has 1 aliphatic rings. The lowest BCUT2D eigenvalue weighted by atomic mass is 9.76. The molecule has 2 nitrogen and oxygen atoms in total. The number of rotatable bonds is 2. The molecule has 3 heteroatoms. The summed E-state index contributed by atoms with van der Waals surface area (Å²) in [6.07, 6.45) is 5.97. The Bertz CT molecular complexity index is 579. The highest BCUT2D eigenvalue weighted by molar-refractivity contribution is 7.18. The molecule has 0 unspecified atom stereocenters. The largest absolute Gasteiger partial charge is 0.319 e. The van der Waals surface area contributed by atoms with Gasteiger partial charge in [-0.25, -0.2) is 4.98 Å². The van der Waals surface area contributed by atoms with Crippen LogP contribution in [0.15, 0.2) is 18.2 Å². The lowest BCUT2D eigenvalue weighted by molar-refractivity contribution is 0.231. The van der Waals surface area contributed by atoms with E-state index in [2.05, 4.69) is 32.0 Å². The minimum atomic E-state index is -0.177.